The lowest BCUT2D eigenvalue weighted by Crippen LogP contribution is -2.09. The van der Waals surface area contributed by atoms with Crippen LogP contribution in [-0.4, -0.2) is 33.2 Å². The first-order valence-corrected chi connectivity index (χ1v) is 8.61. The van der Waals surface area contributed by atoms with Crippen LogP contribution in [0.25, 0.3) is 11.8 Å². The maximum Gasteiger partial charge on any atom is 0.248 e. The summed E-state index contributed by atoms with van der Waals surface area (Å²) in [6.45, 7) is 1.77. The van der Waals surface area contributed by atoms with Crippen LogP contribution in [0.5, 0.6) is 5.75 Å². The summed E-state index contributed by atoms with van der Waals surface area (Å²) in [5.74, 6) is 0.840. The number of nitrogens with zero attached hydrogens (tertiary/aromatic N) is 4. The number of benzene rings is 2. The van der Waals surface area contributed by atoms with E-state index in [-0.39, 0.29) is 5.91 Å². The van der Waals surface area contributed by atoms with Crippen LogP contribution in [0, 0.1) is 6.92 Å². The molecule has 27 heavy (non-hydrogen) atoms. The Labute approximate surface area is 165 Å². The maximum absolute atomic E-state index is 12.2. The van der Waals surface area contributed by atoms with Crippen LogP contribution in [0.2, 0.25) is 10.0 Å². The Balaban J connectivity index is 1.81. The van der Waals surface area contributed by atoms with E-state index in [9.17, 15) is 4.79 Å². The lowest BCUT2D eigenvalue weighted by Gasteiger charge is -2.11. The predicted octanol–water partition coefficient (Wildman–Crippen LogP) is 3.94. The fraction of sp³-hybridized carbons (Fsp3) is 0.111. The van der Waals surface area contributed by atoms with Crippen molar-refractivity contribution >= 4 is 40.9 Å². The number of ether oxygens (including phenoxy) is 1. The van der Waals surface area contributed by atoms with Crippen LogP contribution in [0.4, 0.5) is 5.69 Å². The summed E-state index contributed by atoms with van der Waals surface area (Å²) in [6.07, 6.45) is 2.98. The van der Waals surface area contributed by atoms with Gasteiger partial charge in [0.05, 0.1) is 7.11 Å². The summed E-state index contributed by atoms with van der Waals surface area (Å²) >= 11 is 12.0. The van der Waals surface area contributed by atoms with Crippen molar-refractivity contribution in [2.45, 2.75) is 6.92 Å². The number of hydrogen-bond donors (Lipinski definition) is 1. The van der Waals surface area contributed by atoms with E-state index in [0.717, 1.165) is 0 Å². The first-order chi connectivity index (χ1) is 13.0. The molecule has 3 aromatic rings. The molecule has 0 saturated heterocycles. The molecule has 0 aliphatic carbocycles. The zero-order chi connectivity index (χ0) is 19.4. The van der Waals surface area contributed by atoms with Crippen molar-refractivity contribution in [3.63, 3.8) is 0 Å². The molecule has 0 unspecified atom stereocenters. The monoisotopic (exact) mass is 403 g/mol. The van der Waals surface area contributed by atoms with Gasteiger partial charge in [0.25, 0.3) is 0 Å². The molecular formula is C18H15Cl2N5O2. The average molecular weight is 404 g/mol. The van der Waals surface area contributed by atoms with Crippen LogP contribution in [0.1, 0.15) is 11.4 Å². The van der Waals surface area contributed by atoms with E-state index >= 15 is 0 Å². The van der Waals surface area contributed by atoms with Crippen LogP contribution < -0.4 is 10.1 Å². The summed E-state index contributed by atoms with van der Waals surface area (Å²) < 4.78 is 6.87. The molecule has 0 saturated carbocycles. The fourth-order valence-corrected chi connectivity index (χ4v) is 2.74. The minimum atomic E-state index is -0.324. The van der Waals surface area contributed by atoms with Crippen LogP contribution in [0.15, 0.2) is 42.5 Å². The molecular weight excluding hydrogens is 389 g/mol. The molecule has 0 fully saturated rings. The van der Waals surface area contributed by atoms with Gasteiger partial charge in [-0.3, -0.25) is 4.79 Å². The number of amides is 1. The molecule has 0 radical (unpaired) electrons. The van der Waals surface area contributed by atoms with E-state index in [1.54, 1.807) is 56.5 Å². The minimum absolute atomic E-state index is 0.324. The molecule has 9 heteroatoms. The summed E-state index contributed by atoms with van der Waals surface area (Å²) in [4.78, 5) is 12.2. The van der Waals surface area contributed by atoms with Crippen LogP contribution >= 0.6 is 23.2 Å². The molecule has 0 spiro atoms. The number of carbonyl (C=O) groups is 1. The normalized spacial score (nSPS) is 11.0. The first-order valence-electron chi connectivity index (χ1n) is 7.85. The zero-order valence-corrected chi connectivity index (χ0v) is 16.0. The highest BCUT2D eigenvalue weighted by molar-refractivity contribution is 6.34. The molecule has 1 heterocycles. The third-order valence-electron chi connectivity index (χ3n) is 3.67. The summed E-state index contributed by atoms with van der Waals surface area (Å²) in [6, 6.07) is 10.2. The van der Waals surface area contributed by atoms with Crippen molar-refractivity contribution in [2.24, 2.45) is 0 Å². The third kappa shape index (κ3) is 4.45. The molecule has 0 atom stereocenters. The van der Waals surface area contributed by atoms with Gasteiger partial charge in [-0.1, -0.05) is 23.2 Å². The van der Waals surface area contributed by atoms with Gasteiger partial charge in [0.1, 0.15) is 11.4 Å². The Hall–Kier alpha value is -2.90. The number of halogens is 2. The highest BCUT2D eigenvalue weighted by atomic mass is 35.5. The van der Waals surface area contributed by atoms with E-state index in [1.165, 1.54) is 10.8 Å². The third-order valence-corrected chi connectivity index (χ3v) is 4.25. The van der Waals surface area contributed by atoms with Gasteiger partial charge in [-0.15, -0.1) is 5.10 Å². The number of rotatable bonds is 5. The van der Waals surface area contributed by atoms with Gasteiger partial charge < -0.3 is 10.1 Å². The number of aryl methyl sites for hydroxylation is 1. The Morgan fingerprint density at radius 2 is 2.04 bits per heavy atom. The van der Waals surface area contributed by atoms with Crippen molar-refractivity contribution in [3.8, 4) is 11.4 Å². The second kappa shape index (κ2) is 8.20. The number of carbonyl (C=O) groups excluding carboxylic acids is 1. The number of anilines is 1. The second-order valence-electron chi connectivity index (χ2n) is 5.51. The molecule has 1 amide bonds. The molecule has 0 bridgehead atoms. The van der Waals surface area contributed by atoms with Gasteiger partial charge in [-0.2, -0.15) is 4.68 Å². The molecule has 1 N–H and O–H groups in total. The van der Waals surface area contributed by atoms with E-state index in [1.807, 2.05) is 0 Å². The average Bonchev–Trinajstić information content (AvgIpc) is 3.08. The molecule has 1 aromatic heterocycles. The fourth-order valence-electron chi connectivity index (χ4n) is 2.38. The van der Waals surface area contributed by atoms with Gasteiger partial charge in [-0.05, 0) is 65.4 Å². The van der Waals surface area contributed by atoms with Crippen molar-refractivity contribution in [1.82, 2.24) is 20.2 Å². The van der Waals surface area contributed by atoms with Gasteiger partial charge in [-0.25, -0.2) is 0 Å². The summed E-state index contributed by atoms with van der Waals surface area (Å²) in [5.41, 5.74) is 1.83. The van der Waals surface area contributed by atoms with Crippen LogP contribution in [0.3, 0.4) is 0 Å². The Morgan fingerprint density at radius 1 is 1.22 bits per heavy atom. The van der Waals surface area contributed by atoms with Crippen LogP contribution in [-0.2, 0) is 4.79 Å². The van der Waals surface area contributed by atoms with Crippen molar-refractivity contribution in [3.05, 3.63) is 63.9 Å². The summed E-state index contributed by atoms with van der Waals surface area (Å²) in [7, 11) is 1.55. The Kier molecular flexibility index (Phi) is 5.73. The van der Waals surface area contributed by atoms with Gasteiger partial charge >= 0.3 is 0 Å². The van der Waals surface area contributed by atoms with Crippen molar-refractivity contribution in [1.29, 1.82) is 0 Å². The van der Waals surface area contributed by atoms with Gasteiger partial charge in [0.2, 0.25) is 5.91 Å². The SMILES string of the molecule is COc1ccc(NC(=O)/C=C/c2cc(Cl)ccc2Cl)cc1-n1nnnc1C. The molecule has 138 valence electrons. The molecule has 7 nitrogen and oxygen atoms in total. The number of aromatic nitrogens is 4. The predicted molar refractivity (Wildman–Crippen MR) is 105 cm³/mol. The second-order valence-corrected chi connectivity index (χ2v) is 6.36. The lowest BCUT2D eigenvalue weighted by atomic mass is 10.2. The molecule has 0 aliphatic heterocycles. The zero-order valence-electron chi connectivity index (χ0n) is 14.5. The van der Waals surface area contributed by atoms with E-state index in [2.05, 4.69) is 20.8 Å². The van der Waals surface area contributed by atoms with E-state index in [0.29, 0.717) is 38.6 Å². The highest BCUT2D eigenvalue weighted by Gasteiger charge is 2.12. The van der Waals surface area contributed by atoms with Crippen molar-refractivity contribution in [2.75, 3.05) is 12.4 Å². The number of nitrogens with one attached hydrogen (secondary N) is 1. The maximum atomic E-state index is 12.2. The quantitative estimate of drug-likeness (QED) is 0.652. The highest BCUT2D eigenvalue weighted by Crippen LogP contribution is 2.26. The minimum Gasteiger partial charge on any atom is -0.494 e. The lowest BCUT2D eigenvalue weighted by molar-refractivity contribution is -0.111. The van der Waals surface area contributed by atoms with Gasteiger partial charge in [0.15, 0.2) is 5.82 Å². The smallest absolute Gasteiger partial charge is 0.248 e. The molecule has 2 aromatic carbocycles. The summed E-state index contributed by atoms with van der Waals surface area (Å²) in [5, 5.41) is 15.2. The topological polar surface area (TPSA) is 81.9 Å². The number of hydrogen-bond acceptors (Lipinski definition) is 5. The van der Waals surface area contributed by atoms with Gasteiger partial charge in [0, 0.05) is 21.8 Å². The first kappa shape index (κ1) is 18.9. The number of tetrazole rings is 1. The largest absolute Gasteiger partial charge is 0.494 e. The Morgan fingerprint density at radius 3 is 2.74 bits per heavy atom. The van der Waals surface area contributed by atoms with E-state index < -0.39 is 0 Å². The standard InChI is InChI=1S/C18H15Cl2N5O2/c1-11-22-23-24-25(11)16-10-14(5-7-17(16)27-2)21-18(26)8-3-12-9-13(19)4-6-15(12)20/h3-10H,1-2H3,(H,21,26)/b8-3+. The number of methoxy groups -OCH3 is 1. The molecule has 0 aliphatic rings. The van der Waals surface area contributed by atoms with E-state index in [4.69, 9.17) is 27.9 Å². The Bertz CT molecular complexity index is 1020. The van der Waals surface area contributed by atoms with Crippen molar-refractivity contribution < 1.29 is 9.53 Å². The molecule has 3 rings (SSSR count).